The van der Waals surface area contributed by atoms with Gasteiger partial charge in [-0.15, -0.1) is 0 Å². The van der Waals surface area contributed by atoms with Crippen molar-refractivity contribution in [3.05, 3.63) is 46.9 Å². The minimum atomic E-state index is -0.0951. The summed E-state index contributed by atoms with van der Waals surface area (Å²) in [6, 6.07) is 5.22. The van der Waals surface area contributed by atoms with Crippen LogP contribution < -0.4 is 4.74 Å². The third-order valence-corrected chi connectivity index (χ3v) is 4.18. The molecule has 6 nitrogen and oxygen atoms in total. The Morgan fingerprint density at radius 3 is 3.04 bits per heavy atom. The summed E-state index contributed by atoms with van der Waals surface area (Å²) in [5.74, 6) is 0.355. The van der Waals surface area contributed by atoms with Crippen molar-refractivity contribution in [2.75, 3.05) is 20.3 Å². The molecule has 0 aromatic carbocycles. The first kappa shape index (κ1) is 16.8. The number of hydrogen-bond acceptors (Lipinski definition) is 4. The average molecular weight is 350 g/mol. The lowest BCUT2D eigenvalue weighted by Gasteiger charge is -2.18. The molecule has 3 heterocycles. The number of carbonyl (C=O) groups is 1. The Morgan fingerprint density at radius 1 is 1.54 bits per heavy atom. The minimum Gasteiger partial charge on any atom is -0.472 e. The Balaban J connectivity index is 1.68. The fourth-order valence-corrected chi connectivity index (χ4v) is 2.91. The van der Waals surface area contributed by atoms with Crippen LogP contribution in [0.15, 0.2) is 30.6 Å². The van der Waals surface area contributed by atoms with E-state index in [1.165, 1.54) is 0 Å². The second-order valence-corrected chi connectivity index (χ2v) is 6.34. The third kappa shape index (κ3) is 3.88. The van der Waals surface area contributed by atoms with Gasteiger partial charge in [-0.2, -0.15) is 0 Å². The number of nitrogens with zero attached hydrogens (tertiary/aromatic N) is 3. The summed E-state index contributed by atoms with van der Waals surface area (Å²) >= 11 is 5.99. The molecule has 7 heteroatoms. The fraction of sp³-hybridized carbons (Fsp3) is 0.412. The van der Waals surface area contributed by atoms with Crippen LogP contribution in [-0.2, 0) is 18.3 Å². The Hall–Kier alpha value is -2.05. The van der Waals surface area contributed by atoms with E-state index in [0.29, 0.717) is 36.2 Å². The van der Waals surface area contributed by atoms with Crippen LogP contribution in [0.3, 0.4) is 0 Å². The van der Waals surface area contributed by atoms with Crippen molar-refractivity contribution in [2.45, 2.75) is 19.1 Å². The van der Waals surface area contributed by atoms with Gasteiger partial charge in [0.15, 0.2) is 0 Å². The first-order valence-electron chi connectivity index (χ1n) is 7.79. The van der Waals surface area contributed by atoms with E-state index in [1.54, 1.807) is 30.3 Å². The van der Waals surface area contributed by atoms with E-state index in [-0.39, 0.29) is 12.0 Å². The Labute approximate surface area is 145 Å². The smallest absolute Gasteiger partial charge is 0.254 e. The monoisotopic (exact) mass is 349 g/mol. The highest BCUT2D eigenvalue weighted by Crippen LogP contribution is 2.18. The van der Waals surface area contributed by atoms with Gasteiger partial charge in [0.1, 0.15) is 6.10 Å². The van der Waals surface area contributed by atoms with Gasteiger partial charge < -0.3 is 18.9 Å². The van der Waals surface area contributed by atoms with Crippen molar-refractivity contribution in [3.63, 3.8) is 0 Å². The molecular formula is C17H20ClN3O3. The molecule has 0 N–H and O–H groups in total. The predicted octanol–water partition coefficient (Wildman–Crippen LogP) is 2.51. The maximum absolute atomic E-state index is 12.6. The second-order valence-electron chi connectivity index (χ2n) is 5.91. The van der Waals surface area contributed by atoms with Gasteiger partial charge >= 0.3 is 0 Å². The highest BCUT2D eigenvalue weighted by atomic mass is 35.5. The third-order valence-electron chi connectivity index (χ3n) is 3.98. The van der Waals surface area contributed by atoms with Crippen LogP contribution >= 0.6 is 11.6 Å². The van der Waals surface area contributed by atoms with Crippen LogP contribution in [0.5, 0.6) is 5.88 Å². The number of amides is 1. The molecule has 2 aromatic rings. The van der Waals surface area contributed by atoms with Gasteiger partial charge in [-0.05, 0) is 12.1 Å². The summed E-state index contributed by atoms with van der Waals surface area (Å²) in [4.78, 5) is 18.5. The normalized spacial score (nSPS) is 17.0. The van der Waals surface area contributed by atoms with Crippen LogP contribution in [0.1, 0.15) is 22.5 Å². The summed E-state index contributed by atoms with van der Waals surface area (Å²) in [5.41, 5.74) is 1.51. The molecule has 2 aromatic heterocycles. The largest absolute Gasteiger partial charge is 0.472 e. The lowest BCUT2D eigenvalue weighted by Crippen LogP contribution is -2.27. The van der Waals surface area contributed by atoms with E-state index in [0.717, 1.165) is 12.1 Å². The standard InChI is InChI=1S/C17H20ClN3O3/c1-20-9-13(18)8-14(20)10-21(2)17(22)12-3-5-19-16(7-12)24-15-4-6-23-11-15/h3,5,7-9,15H,4,6,10-11H2,1-2H3/t15-/m1/s1. The molecule has 3 rings (SSSR count). The molecule has 0 bridgehead atoms. The van der Waals surface area contributed by atoms with Gasteiger partial charge in [0.25, 0.3) is 5.91 Å². The van der Waals surface area contributed by atoms with Gasteiger partial charge in [-0.25, -0.2) is 4.98 Å². The molecule has 24 heavy (non-hydrogen) atoms. The van der Waals surface area contributed by atoms with Crippen LogP contribution in [0.2, 0.25) is 5.02 Å². The number of pyridine rings is 1. The first-order valence-corrected chi connectivity index (χ1v) is 8.17. The van der Waals surface area contributed by atoms with Gasteiger partial charge in [-0.1, -0.05) is 11.6 Å². The predicted molar refractivity (Wildman–Crippen MR) is 90.3 cm³/mol. The zero-order valence-corrected chi connectivity index (χ0v) is 14.5. The molecule has 0 radical (unpaired) electrons. The van der Waals surface area contributed by atoms with Crippen LogP contribution in [0.4, 0.5) is 0 Å². The average Bonchev–Trinajstić information content (AvgIpc) is 3.16. The molecule has 128 valence electrons. The molecule has 0 saturated carbocycles. The molecule has 0 unspecified atom stereocenters. The van der Waals surface area contributed by atoms with Crippen LogP contribution in [0, 0.1) is 0 Å². The number of rotatable bonds is 5. The summed E-state index contributed by atoms with van der Waals surface area (Å²) in [5, 5.41) is 0.659. The van der Waals surface area contributed by atoms with Crippen molar-refractivity contribution in [1.82, 2.24) is 14.5 Å². The van der Waals surface area contributed by atoms with E-state index in [2.05, 4.69) is 4.98 Å². The molecule has 1 aliphatic rings. The number of aryl methyl sites for hydroxylation is 1. The van der Waals surface area contributed by atoms with E-state index in [9.17, 15) is 4.79 Å². The number of halogens is 1. The molecule has 1 atom stereocenters. The van der Waals surface area contributed by atoms with Gasteiger partial charge in [0, 0.05) is 50.2 Å². The Morgan fingerprint density at radius 2 is 2.38 bits per heavy atom. The Bertz CT molecular complexity index is 726. The molecule has 0 spiro atoms. The number of carbonyl (C=O) groups excluding carboxylic acids is 1. The number of hydrogen-bond donors (Lipinski definition) is 0. The van der Waals surface area contributed by atoms with E-state index in [4.69, 9.17) is 21.1 Å². The van der Waals surface area contributed by atoms with E-state index in [1.807, 2.05) is 23.9 Å². The molecule has 1 fully saturated rings. The van der Waals surface area contributed by atoms with Crippen LogP contribution in [0.25, 0.3) is 0 Å². The van der Waals surface area contributed by atoms with E-state index >= 15 is 0 Å². The summed E-state index contributed by atoms with van der Waals surface area (Å²) in [6.07, 6.45) is 4.25. The number of aromatic nitrogens is 2. The van der Waals surface area contributed by atoms with Crippen molar-refractivity contribution < 1.29 is 14.3 Å². The summed E-state index contributed by atoms with van der Waals surface area (Å²) in [7, 11) is 3.66. The second kappa shape index (κ2) is 7.23. The molecule has 1 amide bonds. The van der Waals surface area contributed by atoms with Gasteiger partial charge in [0.05, 0.1) is 24.8 Å². The molecule has 1 aliphatic heterocycles. The highest BCUT2D eigenvalue weighted by Gasteiger charge is 2.19. The highest BCUT2D eigenvalue weighted by molar-refractivity contribution is 6.30. The summed E-state index contributed by atoms with van der Waals surface area (Å²) in [6.45, 7) is 1.73. The van der Waals surface area contributed by atoms with Crippen LogP contribution in [-0.4, -0.2) is 46.7 Å². The minimum absolute atomic E-state index is 0.00564. The zero-order chi connectivity index (χ0) is 17.1. The van der Waals surface area contributed by atoms with Crippen molar-refractivity contribution in [2.24, 2.45) is 7.05 Å². The zero-order valence-electron chi connectivity index (χ0n) is 13.7. The quantitative estimate of drug-likeness (QED) is 0.832. The van der Waals surface area contributed by atoms with Crippen molar-refractivity contribution >= 4 is 17.5 Å². The molecule has 1 saturated heterocycles. The summed E-state index contributed by atoms with van der Waals surface area (Å²) < 4.78 is 13.0. The van der Waals surface area contributed by atoms with Crippen molar-refractivity contribution in [1.29, 1.82) is 0 Å². The lowest BCUT2D eigenvalue weighted by molar-refractivity contribution is 0.0781. The molecular weight excluding hydrogens is 330 g/mol. The molecule has 0 aliphatic carbocycles. The topological polar surface area (TPSA) is 56.6 Å². The lowest BCUT2D eigenvalue weighted by atomic mass is 10.2. The van der Waals surface area contributed by atoms with Crippen molar-refractivity contribution in [3.8, 4) is 5.88 Å². The van der Waals surface area contributed by atoms with Gasteiger partial charge in [0.2, 0.25) is 5.88 Å². The van der Waals surface area contributed by atoms with E-state index < -0.39 is 0 Å². The first-order chi connectivity index (χ1) is 11.5. The fourth-order valence-electron chi connectivity index (χ4n) is 2.64. The maximum atomic E-state index is 12.6. The number of ether oxygens (including phenoxy) is 2. The van der Waals surface area contributed by atoms with Gasteiger partial charge in [-0.3, -0.25) is 4.79 Å². The SMILES string of the molecule is CN(Cc1cc(Cl)cn1C)C(=O)c1ccnc(O[C@@H]2CCOC2)c1. The Kier molecular flexibility index (Phi) is 5.06. The maximum Gasteiger partial charge on any atom is 0.254 e.